The fraction of sp³-hybridized carbons (Fsp3) is 0. The van der Waals surface area contributed by atoms with Crippen molar-refractivity contribution in [2.45, 2.75) is 14.0 Å². The number of non-ortho nitro benzene ring substituents is 1. The van der Waals surface area contributed by atoms with Crippen molar-refractivity contribution in [3.05, 3.63) is 273 Å². The van der Waals surface area contributed by atoms with E-state index in [0.717, 1.165) is 39.2 Å². The van der Waals surface area contributed by atoms with E-state index < -0.39 is 40.8 Å². The Morgan fingerprint density at radius 1 is 0.443 bits per heavy atom. The number of nitrogens with one attached hydrogen (secondary N) is 3. The monoisotopic (exact) mass is 1320 g/mol. The van der Waals surface area contributed by atoms with Gasteiger partial charge in [0.05, 0.1) is 36.8 Å². The normalized spacial score (nSPS) is 11.2. The molecular formula is C55H37Cl4IN4O11S4. The maximum Gasteiger partial charge on any atom is 0.271 e. The molecule has 0 aliphatic heterocycles. The van der Waals surface area contributed by atoms with Crippen LogP contribution in [-0.2, 0) is 30.1 Å². The highest BCUT2D eigenvalue weighted by atomic mass is 127. The van der Waals surface area contributed by atoms with E-state index in [1.54, 1.807) is 102 Å². The number of sulfonamides is 3. The summed E-state index contributed by atoms with van der Waals surface area (Å²) >= 11 is 27.3. The molecule has 0 aliphatic rings. The topological polar surface area (TPSA) is 233 Å². The minimum atomic E-state index is -4.12. The number of anilines is 3. The number of nitro groups is 1. The van der Waals surface area contributed by atoms with Gasteiger partial charge in [-0.15, -0.1) is 11.3 Å². The average molecular weight is 1330 g/mol. The fourth-order valence-corrected chi connectivity index (χ4v) is 12.4. The molecule has 0 aliphatic carbocycles. The van der Waals surface area contributed by atoms with E-state index in [0.29, 0.717) is 21.2 Å². The SMILES string of the molecule is O=C(c1ccccc1)c1cc(Cl)ccc1NS(=O)(=O)c1ccc(I)cc1.O=C(c1ccccc1)c1cc(Cl)ccc1NS(=O)(=O)c1cccs1.O=C(c1ccccc1Cl)c1cc(Cl)ccc1NS(=O)(=O)c1ccc([N+](=O)[O-])cc1. The van der Waals surface area contributed by atoms with E-state index >= 15 is 0 Å². The van der Waals surface area contributed by atoms with E-state index in [2.05, 4.69) is 36.8 Å². The van der Waals surface area contributed by atoms with Gasteiger partial charge in [-0.25, -0.2) is 25.3 Å². The Balaban J connectivity index is 0.000000172. The van der Waals surface area contributed by atoms with E-state index in [1.165, 1.54) is 78.9 Å². The molecule has 0 spiro atoms. The predicted molar refractivity (Wildman–Crippen MR) is 318 cm³/mol. The van der Waals surface area contributed by atoms with Crippen molar-refractivity contribution in [3.63, 3.8) is 0 Å². The zero-order valence-corrected chi connectivity index (χ0v) is 48.5. The molecular weight excluding hydrogens is 1290 g/mol. The first kappa shape index (κ1) is 59.7. The minimum absolute atomic E-state index is 0.00216. The summed E-state index contributed by atoms with van der Waals surface area (Å²) in [4.78, 5) is 48.4. The van der Waals surface area contributed by atoms with Gasteiger partial charge in [0.2, 0.25) is 0 Å². The van der Waals surface area contributed by atoms with E-state index in [1.807, 2.05) is 0 Å². The molecule has 0 bridgehead atoms. The van der Waals surface area contributed by atoms with Crippen molar-refractivity contribution >= 4 is 151 Å². The summed E-state index contributed by atoms with van der Waals surface area (Å²) in [5, 5.41) is 13.6. The van der Waals surface area contributed by atoms with E-state index in [9.17, 15) is 49.8 Å². The zero-order chi connectivity index (χ0) is 57.1. The molecule has 0 fully saturated rings. The molecule has 1 heterocycles. The first-order valence-corrected chi connectivity index (χ1v) is 30.4. The second kappa shape index (κ2) is 26.3. The summed E-state index contributed by atoms with van der Waals surface area (Å²) in [7, 11) is -11.7. The third kappa shape index (κ3) is 15.6. The highest BCUT2D eigenvalue weighted by molar-refractivity contribution is 14.1. The molecule has 24 heteroatoms. The van der Waals surface area contributed by atoms with Crippen molar-refractivity contribution in [2.75, 3.05) is 14.2 Å². The molecule has 15 nitrogen and oxygen atoms in total. The Morgan fingerprint density at radius 3 is 1.24 bits per heavy atom. The van der Waals surface area contributed by atoms with Gasteiger partial charge in [0, 0.05) is 64.2 Å². The van der Waals surface area contributed by atoms with Crippen LogP contribution in [0.2, 0.25) is 20.1 Å². The van der Waals surface area contributed by atoms with Crippen LogP contribution in [0.1, 0.15) is 47.8 Å². The van der Waals surface area contributed by atoms with Crippen LogP contribution in [-0.4, -0.2) is 47.5 Å². The van der Waals surface area contributed by atoms with Crippen LogP contribution in [0.3, 0.4) is 0 Å². The van der Waals surface area contributed by atoms with Crippen molar-refractivity contribution in [1.82, 2.24) is 0 Å². The minimum Gasteiger partial charge on any atom is -0.289 e. The van der Waals surface area contributed by atoms with Crippen LogP contribution in [0.4, 0.5) is 22.7 Å². The highest BCUT2D eigenvalue weighted by Gasteiger charge is 2.24. The number of nitro benzene ring substituents is 1. The Bertz CT molecular complexity index is 4070. The molecule has 0 atom stereocenters. The summed E-state index contributed by atoms with van der Waals surface area (Å²) in [5.74, 6) is -1.13. The van der Waals surface area contributed by atoms with Crippen molar-refractivity contribution in [1.29, 1.82) is 0 Å². The lowest BCUT2D eigenvalue weighted by atomic mass is 10.0. The smallest absolute Gasteiger partial charge is 0.271 e. The number of nitrogens with zero attached hydrogens (tertiary/aromatic N) is 1. The molecule has 0 saturated heterocycles. The Morgan fingerprint density at radius 2 is 0.835 bits per heavy atom. The summed E-state index contributed by atoms with van der Waals surface area (Å²) in [6, 6.07) is 50.6. The van der Waals surface area contributed by atoms with Gasteiger partial charge in [0.1, 0.15) is 4.21 Å². The number of rotatable bonds is 16. The van der Waals surface area contributed by atoms with Gasteiger partial charge in [0.15, 0.2) is 17.3 Å². The van der Waals surface area contributed by atoms with Gasteiger partial charge < -0.3 is 0 Å². The number of ketones is 3. The summed E-state index contributed by atoms with van der Waals surface area (Å²) in [6.07, 6.45) is 0. The standard InChI is InChI=1S/C19H12Cl2N2O5S.C19H13ClINO3S.C17H12ClNO3S2/c20-12-5-10-18(16(11-12)19(24)15-3-1-2-4-17(15)21)22-29(27,28)14-8-6-13(7-9-14)23(25)26;20-14-6-11-18(17(12-14)19(23)13-4-2-1-3-5-13)22-26(24,25)16-9-7-15(21)8-10-16;18-13-8-9-15(19-24(21,22)16-7-4-10-23-16)14(11-13)17(20)12-5-2-1-3-6-12/h1-11,22H;1-12,22H;1-11,19H. The Hall–Kier alpha value is -6.99. The van der Waals surface area contributed by atoms with Crippen LogP contribution in [0.25, 0.3) is 0 Å². The van der Waals surface area contributed by atoms with Gasteiger partial charge in [-0.05, 0) is 137 Å². The van der Waals surface area contributed by atoms with E-state index in [-0.39, 0.29) is 80.6 Å². The first-order chi connectivity index (χ1) is 37.5. The largest absolute Gasteiger partial charge is 0.289 e. The van der Waals surface area contributed by atoms with Gasteiger partial charge in [-0.3, -0.25) is 38.7 Å². The van der Waals surface area contributed by atoms with Gasteiger partial charge in [0.25, 0.3) is 35.8 Å². The Labute approximate surface area is 491 Å². The predicted octanol–water partition coefficient (Wildman–Crippen LogP) is 14.3. The number of carbonyl (C=O) groups is 3. The molecule has 402 valence electrons. The third-order valence-electron chi connectivity index (χ3n) is 10.8. The number of carbonyl (C=O) groups excluding carboxylic acids is 3. The lowest BCUT2D eigenvalue weighted by molar-refractivity contribution is -0.384. The molecule has 0 radical (unpaired) electrons. The molecule has 9 aromatic rings. The van der Waals surface area contributed by atoms with Crippen molar-refractivity contribution in [2.24, 2.45) is 0 Å². The summed E-state index contributed by atoms with van der Waals surface area (Å²) in [5.41, 5.74) is 1.63. The first-order valence-electron chi connectivity index (χ1n) is 22.5. The molecule has 3 N–H and O–H groups in total. The van der Waals surface area contributed by atoms with E-state index in [4.69, 9.17) is 46.4 Å². The molecule has 0 saturated carbocycles. The average Bonchev–Trinajstić information content (AvgIpc) is 4.04. The van der Waals surface area contributed by atoms with Crippen LogP contribution < -0.4 is 14.2 Å². The second-order valence-corrected chi connectivity index (χ2v) is 25.4. The van der Waals surface area contributed by atoms with Crippen LogP contribution in [0.5, 0.6) is 0 Å². The lowest BCUT2D eigenvalue weighted by Gasteiger charge is -2.13. The maximum atomic E-state index is 12.9. The number of hydrogen-bond donors (Lipinski definition) is 3. The van der Waals surface area contributed by atoms with Gasteiger partial charge >= 0.3 is 0 Å². The summed E-state index contributed by atoms with van der Waals surface area (Å²) < 4.78 is 83.9. The third-order valence-corrected chi connectivity index (χ3v) is 18.1. The van der Waals surface area contributed by atoms with Crippen LogP contribution in [0, 0.1) is 13.7 Å². The molecule has 79 heavy (non-hydrogen) atoms. The molecule has 0 amide bonds. The molecule has 1 aromatic heterocycles. The van der Waals surface area contributed by atoms with Gasteiger partial charge in [-0.1, -0.05) is 125 Å². The lowest BCUT2D eigenvalue weighted by Crippen LogP contribution is -2.16. The van der Waals surface area contributed by atoms with Crippen LogP contribution >= 0.6 is 80.3 Å². The molecule has 0 unspecified atom stereocenters. The second-order valence-electron chi connectivity index (χ2n) is 16.2. The zero-order valence-electron chi connectivity index (χ0n) is 40.1. The molecule has 9 rings (SSSR count). The van der Waals surface area contributed by atoms with Crippen molar-refractivity contribution in [3.8, 4) is 0 Å². The highest BCUT2D eigenvalue weighted by Crippen LogP contribution is 2.31. The number of thiophene rings is 1. The quantitative estimate of drug-likeness (QED) is 0.0356. The Kier molecular flexibility index (Phi) is 19.9. The van der Waals surface area contributed by atoms with Gasteiger partial charge in [-0.2, -0.15) is 0 Å². The number of hydrogen-bond acceptors (Lipinski definition) is 12. The number of benzene rings is 8. The maximum absolute atomic E-state index is 12.9. The van der Waals surface area contributed by atoms with Crippen molar-refractivity contribution < 1.29 is 44.6 Å². The number of halogens is 5. The fourth-order valence-electron chi connectivity index (χ4n) is 7.04. The summed E-state index contributed by atoms with van der Waals surface area (Å²) in [6.45, 7) is 0. The molecule has 8 aromatic carbocycles. The van der Waals surface area contributed by atoms with Crippen LogP contribution in [0.15, 0.2) is 220 Å².